The molecule has 158 valence electrons. The van der Waals surface area contributed by atoms with Crippen LogP contribution in [0.5, 0.6) is 0 Å². The fourth-order valence-corrected chi connectivity index (χ4v) is 5.39. The minimum Gasteiger partial charge on any atom is -0.234 e. The van der Waals surface area contributed by atoms with Gasteiger partial charge in [-0.15, -0.1) is 0 Å². The second-order valence-corrected chi connectivity index (χ2v) is 9.26. The molecule has 4 aromatic carbocycles. The van der Waals surface area contributed by atoms with E-state index >= 15 is 0 Å². The van der Waals surface area contributed by atoms with Gasteiger partial charge in [-0.25, -0.2) is 5.01 Å². The summed E-state index contributed by atoms with van der Waals surface area (Å²) < 4.78 is 0. The van der Waals surface area contributed by atoms with Crippen LogP contribution in [0.15, 0.2) is 118 Å². The van der Waals surface area contributed by atoms with E-state index in [1.165, 1.54) is 27.3 Å². The van der Waals surface area contributed by atoms with Crippen LogP contribution in [0.1, 0.15) is 36.0 Å². The van der Waals surface area contributed by atoms with E-state index in [4.69, 9.17) is 5.10 Å². The highest BCUT2D eigenvalue weighted by Crippen LogP contribution is 2.40. The van der Waals surface area contributed by atoms with Crippen molar-refractivity contribution < 1.29 is 0 Å². The average molecular weight is 435 g/mol. The van der Waals surface area contributed by atoms with Crippen LogP contribution in [0.2, 0.25) is 0 Å². The molecule has 2 nitrogen and oxygen atoms in total. The van der Waals surface area contributed by atoms with Gasteiger partial charge in [0.1, 0.15) is 0 Å². The second-order valence-electron chi connectivity index (χ2n) is 8.17. The number of benzene rings is 4. The molecule has 1 aliphatic rings. The van der Waals surface area contributed by atoms with E-state index in [-0.39, 0.29) is 0 Å². The van der Waals surface area contributed by atoms with Crippen molar-refractivity contribution in [1.29, 1.82) is 0 Å². The number of hydrazone groups is 1. The molecule has 0 fully saturated rings. The number of para-hydroxylation sites is 2. The van der Waals surface area contributed by atoms with Crippen LogP contribution in [0, 0.1) is 0 Å². The minimum absolute atomic E-state index is 0.544. The third-order valence-electron chi connectivity index (χ3n) is 5.93. The van der Waals surface area contributed by atoms with Gasteiger partial charge >= 0.3 is 0 Å². The summed E-state index contributed by atoms with van der Waals surface area (Å²) >= 11 is 1.89. The van der Waals surface area contributed by atoms with Crippen LogP contribution in [-0.2, 0) is 6.42 Å². The Morgan fingerprint density at radius 2 is 1.44 bits per heavy atom. The SMILES string of the molecule is CC1CCc2ccccc2Sc2cc(/C=N\N(c3ccccc3)c3ccccc3)ccc21. The summed E-state index contributed by atoms with van der Waals surface area (Å²) in [6.45, 7) is 2.34. The molecule has 0 radical (unpaired) electrons. The highest BCUT2D eigenvalue weighted by Gasteiger charge is 2.17. The van der Waals surface area contributed by atoms with Gasteiger partial charge in [0.05, 0.1) is 17.6 Å². The number of hydrogen-bond acceptors (Lipinski definition) is 3. The van der Waals surface area contributed by atoms with Crippen molar-refractivity contribution in [3.63, 3.8) is 0 Å². The molecule has 1 atom stereocenters. The normalized spacial score (nSPS) is 15.5. The van der Waals surface area contributed by atoms with Crippen LogP contribution in [0.3, 0.4) is 0 Å². The van der Waals surface area contributed by atoms with E-state index in [0.717, 1.165) is 23.4 Å². The molecular formula is C29H26N2S. The van der Waals surface area contributed by atoms with Gasteiger partial charge in [-0.05, 0) is 71.8 Å². The molecule has 0 amide bonds. The Balaban J connectivity index is 1.49. The molecule has 5 rings (SSSR count). The molecule has 0 saturated carbocycles. The molecule has 4 aromatic rings. The Morgan fingerprint density at radius 1 is 0.781 bits per heavy atom. The third kappa shape index (κ3) is 4.49. The molecule has 3 heteroatoms. The Kier molecular flexibility index (Phi) is 6.09. The van der Waals surface area contributed by atoms with Gasteiger partial charge in [-0.1, -0.05) is 85.4 Å². The third-order valence-corrected chi connectivity index (χ3v) is 7.12. The van der Waals surface area contributed by atoms with Crippen molar-refractivity contribution >= 4 is 29.4 Å². The fraction of sp³-hybridized carbons (Fsp3) is 0.138. The molecule has 0 saturated heterocycles. The Morgan fingerprint density at radius 3 is 2.16 bits per heavy atom. The van der Waals surface area contributed by atoms with E-state index in [1.54, 1.807) is 0 Å². The largest absolute Gasteiger partial charge is 0.234 e. The van der Waals surface area contributed by atoms with Gasteiger partial charge in [0.15, 0.2) is 0 Å². The van der Waals surface area contributed by atoms with Crippen molar-refractivity contribution in [2.45, 2.75) is 35.5 Å². The second kappa shape index (κ2) is 9.46. The van der Waals surface area contributed by atoms with E-state index in [1.807, 2.05) is 59.4 Å². The van der Waals surface area contributed by atoms with E-state index in [9.17, 15) is 0 Å². The molecule has 32 heavy (non-hydrogen) atoms. The van der Waals surface area contributed by atoms with E-state index in [2.05, 4.69) is 73.7 Å². The zero-order valence-electron chi connectivity index (χ0n) is 18.2. The smallest absolute Gasteiger partial charge is 0.0652 e. The topological polar surface area (TPSA) is 15.6 Å². The van der Waals surface area contributed by atoms with E-state index in [0.29, 0.717) is 5.92 Å². The maximum atomic E-state index is 4.89. The molecule has 1 unspecified atom stereocenters. The monoisotopic (exact) mass is 434 g/mol. The minimum atomic E-state index is 0.544. The summed E-state index contributed by atoms with van der Waals surface area (Å²) in [4.78, 5) is 2.70. The van der Waals surface area contributed by atoms with Gasteiger partial charge < -0.3 is 0 Å². The number of fused-ring (bicyclic) bond motifs is 2. The molecule has 0 N–H and O–H groups in total. The maximum absolute atomic E-state index is 4.89. The van der Waals surface area contributed by atoms with Crippen LogP contribution in [0.25, 0.3) is 0 Å². The highest BCUT2D eigenvalue weighted by molar-refractivity contribution is 7.99. The summed E-state index contributed by atoms with van der Waals surface area (Å²) in [6.07, 6.45) is 4.28. The standard InChI is InChI=1S/C29H26N2S/c1-22-16-18-24-10-8-9-15-28(24)32-29-20-23(17-19-27(22)29)21-30-31(25-11-4-2-5-12-25)26-13-6-3-7-14-26/h2-15,17,19-22H,16,18H2,1H3/b30-21-. The first-order valence-electron chi connectivity index (χ1n) is 11.1. The van der Waals surface area contributed by atoms with Crippen molar-refractivity contribution in [2.75, 3.05) is 5.01 Å². The number of aryl methyl sites for hydroxylation is 1. The lowest BCUT2D eigenvalue weighted by Crippen LogP contribution is -2.09. The fourth-order valence-electron chi connectivity index (χ4n) is 4.13. The van der Waals surface area contributed by atoms with Crippen LogP contribution in [-0.4, -0.2) is 6.21 Å². The Hall–Kier alpha value is -3.30. The first-order chi connectivity index (χ1) is 15.8. The van der Waals surface area contributed by atoms with Crippen molar-refractivity contribution in [3.8, 4) is 0 Å². The van der Waals surface area contributed by atoms with Crippen molar-refractivity contribution in [2.24, 2.45) is 5.10 Å². The van der Waals surface area contributed by atoms with Crippen molar-refractivity contribution in [1.82, 2.24) is 0 Å². The zero-order chi connectivity index (χ0) is 21.8. The van der Waals surface area contributed by atoms with E-state index < -0.39 is 0 Å². The van der Waals surface area contributed by atoms with Gasteiger partial charge in [0.2, 0.25) is 0 Å². The van der Waals surface area contributed by atoms with Crippen LogP contribution < -0.4 is 5.01 Å². The predicted octanol–water partition coefficient (Wildman–Crippen LogP) is 8.06. The molecule has 0 spiro atoms. The molecule has 0 aliphatic carbocycles. The first kappa shape index (κ1) is 20.6. The number of hydrogen-bond donors (Lipinski definition) is 0. The maximum Gasteiger partial charge on any atom is 0.0652 e. The molecule has 0 bridgehead atoms. The molecule has 0 aromatic heterocycles. The lowest BCUT2D eigenvalue weighted by Gasteiger charge is -2.22. The van der Waals surface area contributed by atoms with Crippen molar-refractivity contribution in [3.05, 3.63) is 120 Å². The lowest BCUT2D eigenvalue weighted by atomic mass is 9.93. The predicted molar refractivity (Wildman–Crippen MR) is 136 cm³/mol. The number of anilines is 2. The zero-order valence-corrected chi connectivity index (χ0v) is 19.0. The molecule has 1 heterocycles. The highest BCUT2D eigenvalue weighted by atomic mass is 32.2. The summed E-state index contributed by atoms with van der Waals surface area (Å²) in [5, 5.41) is 6.88. The van der Waals surface area contributed by atoms with Gasteiger partial charge in [0, 0.05) is 9.79 Å². The summed E-state index contributed by atoms with van der Waals surface area (Å²) in [5.74, 6) is 0.544. The quantitative estimate of drug-likeness (QED) is 0.238. The van der Waals surface area contributed by atoms with Gasteiger partial charge in [-0.3, -0.25) is 0 Å². The number of rotatable bonds is 4. The lowest BCUT2D eigenvalue weighted by molar-refractivity contribution is 0.660. The Bertz CT molecular complexity index is 1180. The van der Waals surface area contributed by atoms with Gasteiger partial charge in [0.25, 0.3) is 0 Å². The Labute approximate surface area is 194 Å². The summed E-state index contributed by atoms with van der Waals surface area (Å²) in [7, 11) is 0. The first-order valence-corrected chi connectivity index (χ1v) is 11.9. The van der Waals surface area contributed by atoms with Crippen LogP contribution >= 0.6 is 11.8 Å². The average Bonchev–Trinajstić information content (AvgIpc) is 2.84. The molecule has 1 aliphatic heterocycles. The molecular weight excluding hydrogens is 408 g/mol. The van der Waals surface area contributed by atoms with Gasteiger partial charge in [-0.2, -0.15) is 5.10 Å². The number of nitrogens with zero attached hydrogens (tertiary/aromatic N) is 2. The summed E-state index contributed by atoms with van der Waals surface area (Å²) in [5.41, 5.74) is 6.08. The van der Waals surface area contributed by atoms with Crippen LogP contribution in [0.4, 0.5) is 11.4 Å². The summed E-state index contributed by atoms with van der Waals surface area (Å²) in [6, 6.07) is 36.1.